The Bertz CT molecular complexity index is 559. The molecule has 1 atom stereocenters. The zero-order chi connectivity index (χ0) is 14.7. The normalized spacial score (nSPS) is 17.9. The number of nitro benzene ring substituents is 1. The van der Waals surface area contributed by atoms with Crippen LogP contribution in [0.5, 0.6) is 0 Å². The highest BCUT2D eigenvalue weighted by atomic mass is 16.6. The Hall–Kier alpha value is -2.44. The number of nitrogens with zero attached hydrogens (tertiary/aromatic N) is 2. The van der Waals surface area contributed by atoms with Gasteiger partial charge in [-0.2, -0.15) is 0 Å². The van der Waals surface area contributed by atoms with Crippen LogP contribution in [0.2, 0.25) is 0 Å². The first-order valence-corrected chi connectivity index (χ1v) is 6.30. The molecule has 1 amide bonds. The van der Waals surface area contributed by atoms with E-state index in [9.17, 15) is 19.7 Å². The molecule has 1 aliphatic heterocycles. The molecule has 7 nitrogen and oxygen atoms in total. The zero-order valence-corrected chi connectivity index (χ0v) is 11.0. The summed E-state index contributed by atoms with van der Waals surface area (Å²) in [5.41, 5.74) is 0.480. The number of carbonyl (C=O) groups excluding carboxylic acids is 2. The lowest BCUT2D eigenvalue weighted by molar-refractivity contribution is -0.384. The van der Waals surface area contributed by atoms with Crippen molar-refractivity contribution in [3.63, 3.8) is 0 Å². The van der Waals surface area contributed by atoms with Crippen molar-refractivity contribution in [1.82, 2.24) is 5.32 Å². The smallest absolute Gasteiger partial charge is 0.293 e. The van der Waals surface area contributed by atoms with E-state index in [0.717, 1.165) is 6.42 Å². The number of carbonyl (C=O) groups is 2. The summed E-state index contributed by atoms with van der Waals surface area (Å²) in [5.74, 6) is -0.156. The molecule has 1 heterocycles. The summed E-state index contributed by atoms with van der Waals surface area (Å²) in [6.07, 6.45) is 2.02. The van der Waals surface area contributed by atoms with Gasteiger partial charge in [-0.05, 0) is 25.0 Å². The van der Waals surface area contributed by atoms with E-state index in [0.29, 0.717) is 24.9 Å². The van der Waals surface area contributed by atoms with Crippen LogP contribution >= 0.6 is 0 Å². The minimum absolute atomic E-state index is 0.148. The monoisotopic (exact) mass is 277 g/mol. The molecule has 2 rings (SSSR count). The fraction of sp³-hybridized carbons (Fsp3) is 0.385. The Labute approximate surface area is 115 Å². The van der Waals surface area contributed by atoms with Crippen LogP contribution in [0, 0.1) is 10.1 Å². The number of amides is 1. The highest BCUT2D eigenvalue weighted by Crippen LogP contribution is 2.34. The van der Waals surface area contributed by atoms with Crippen molar-refractivity contribution in [2.24, 2.45) is 0 Å². The molecule has 1 saturated heterocycles. The molecule has 20 heavy (non-hydrogen) atoms. The first-order valence-electron chi connectivity index (χ1n) is 6.30. The summed E-state index contributed by atoms with van der Waals surface area (Å²) >= 11 is 0. The van der Waals surface area contributed by atoms with E-state index in [-0.39, 0.29) is 17.2 Å². The maximum atomic E-state index is 11.8. The quantitative estimate of drug-likeness (QED) is 0.506. The third-order valence-corrected chi connectivity index (χ3v) is 3.44. The van der Waals surface area contributed by atoms with Crippen LogP contribution < -0.4 is 10.2 Å². The summed E-state index contributed by atoms with van der Waals surface area (Å²) in [7, 11) is 1.54. The molecule has 0 aromatic heterocycles. The molecule has 1 aromatic carbocycles. The Kier molecular flexibility index (Phi) is 3.97. The molecule has 1 aliphatic rings. The molecule has 106 valence electrons. The third-order valence-electron chi connectivity index (χ3n) is 3.44. The average Bonchev–Trinajstić information content (AvgIpc) is 2.94. The fourth-order valence-corrected chi connectivity index (χ4v) is 2.50. The molecule has 1 aromatic rings. The van der Waals surface area contributed by atoms with Crippen molar-refractivity contribution in [2.45, 2.75) is 18.9 Å². The van der Waals surface area contributed by atoms with Crippen molar-refractivity contribution in [3.8, 4) is 0 Å². The molecule has 7 heteroatoms. The van der Waals surface area contributed by atoms with Gasteiger partial charge in [0.2, 0.25) is 5.91 Å². The van der Waals surface area contributed by atoms with Gasteiger partial charge in [0.15, 0.2) is 0 Å². The molecule has 1 unspecified atom stereocenters. The number of likely N-dealkylation sites (N-methyl/N-ethyl adjacent to an activating group) is 1. The number of rotatable bonds is 4. The lowest BCUT2D eigenvalue weighted by atomic mass is 10.1. The topological polar surface area (TPSA) is 92.6 Å². The van der Waals surface area contributed by atoms with Gasteiger partial charge in [0, 0.05) is 25.2 Å². The number of nitro groups is 1. The van der Waals surface area contributed by atoms with E-state index in [4.69, 9.17) is 0 Å². The molecule has 0 saturated carbocycles. The van der Waals surface area contributed by atoms with Crippen LogP contribution in [0.3, 0.4) is 0 Å². The predicted octanol–water partition coefficient (Wildman–Crippen LogP) is 1.12. The van der Waals surface area contributed by atoms with Crippen LogP contribution in [0.4, 0.5) is 11.4 Å². The van der Waals surface area contributed by atoms with Crippen molar-refractivity contribution < 1.29 is 14.5 Å². The minimum Gasteiger partial charge on any atom is -0.357 e. The van der Waals surface area contributed by atoms with Crippen molar-refractivity contribution in [3.05, 3.63) is 33.9 Å². The van der Waals surface area contributed by atoms with Crippen LogP contribution in [-0.2, 0) is 4.79 Å². The Morgan fingerprint density at radius 3 is 2.90 bits per heavy atom. The first-order chi connectivity index (χ1) is 9.58. The van der Waals surface area contributed by atoms with Gasteiger partial charge in [-0.1, -0.05) is 0 Å². The summed E-state index contributed by atoms with van der Waals surface area (Å²) < 4.78 is 0. The standard InChI is InChI=1S/C13H15N3O4/c1-14-13(18)11-3-2-6-15(11)10-5-4-9(8-17)7-12(10)16(19)20/h4-5,7-8,11H,2-3,6H2,1H3,(H,14,18). The van der Waals surface area contributed by atoms with Gasteiger partial charge in [-0.25, -0.2) is 0 Å². The SMILES string of the molecule is CNC(=O)C1CCCN1c1ccc(C=O)cc1[N+](=O)[O-]. The number of benzene rings is 1. The second-order valence-electron chi connectivity index (χ2n) is 4.59. The van der Waals surface area contributed by atoms with E-state index >= 15 is 0 Å². The van der Waals surface area contributed by atoms with Gasteiger partial charge in [0.05, 0.1) is 4.92 Å². The molecule has 1 N–H and O–H groups in total. The fourth-order valence-electron chi connectivity index (χ4n) is 2.50. The van der Waals surface area contributed by atoms with Gasteiger partial charge in [-0.3, -0.25) is 19.7 Å². The predicted molar refractivity (Wildman–Crippen MR) is 72.9 cm³/mol. The number of anilines is 1. The number of hydrogen-bond donors (Lipinski definition) is 1. The maximum absolute atomic E-state index is 11.8. The number of nitrogens with one attached hydrogen (secondary N) is 1. The zero-order valence-electron chi connectivity index (χ0n) is 11.0. The molecule has 1 fully saturated rings. The van der Waals surface area contributed by atoms with Gasteiger partial charge in [0.1, 0.15) is 18.0 Å². The summed E-state index contributed by atoms with van der Waals surface area (Å²) in [4.78, 5) is 34.9. The van der Waals surface area contributed by atoms with Crippen molar-refractivity contribution in [1.29, 1.82) is 0 Å². The average molecular weight is 277 g/mol. The minimum atomic E-state index is -0.526. The lowest BCUT2D eigenvalue weighted by Crippen LogP contribution is -2.42. The van der Waals surface area contributed by atoms with Gasteiger partial charge >= 0.3 is 0 Å². The number of hydrogen-bond acceptors (Lipinski definition) is 5. The summed E-state index contributed by atoms with van der Waals surface area (Å²) in [5, 5.41) is 13.7. The van der Waals surface area contributed by atoms with E-state index in [1.165, 1.54) is 18.2 Å². The van der Waals surface area contributed by atoms with E-state index in [1.807, 2.05) is 0 Å². The largest absolute Gasteiger partial charge is 0.357 e. The van der Waals surface area contributed by atoms with E-state index < -0.39 is 11.0 Å². The van der Waals surface area contributed by atoms with Crippen LogP contribution in [-0.4, -0.2) is 36.8 Å². The first kappa shape index (κ1) is 14.0. The second kappa shape index (κ2) is 5.68. The Balaban J connectivity index is 2.43. The van der Waals surface area contributed by atoms with Crippen LogP contribution in [0.25, 0.3) is 0 Å². The van der Waals surface area contributed by atoms with Gasteiger partial charge in [-0.15, -0.1) is 0 Å². The van der Waals surface area contributed by atoms with E-state index in [2.05, 4.69) is 5.32 Å². The Morgan fingerprint density at radius 2 is 2.30 bits per heavy atom. The summed E-state index contributed by atoms with van der Waals surface area (Å²) in [6.45, 7) is 0.583. The van der Waals surface area contributed by atoms with Crippen molar-refractivity contribution in [2.75, 3.05) is 18.5 Å². The highest BCUT2D eigenvalue weighted by molar-refractivity contribution is 5.87. The van der Waals surface area contributed by atoms with Gasteiger partial charge in [0.25, 0.3) is 5.69 Å². The highest BCUT2D eigenvalue weighted by Gasteiger charge is 2.33. The lowest BCUT2D eigenvalue weighted by Gasteiger charge is -2.25. The molecule has 0 radical (unpaired) electrons. The maximum Gasteiger partial charge on any atom is 0.293 e. The molecular weight excluding hydrogens is 262 g/mol. The molecule has 0 aliphatic carbocycles. The number of aldehydes is 1. The third kappa shape index (κ3) is 2.47. The van der Waals surface area contributed by atoms with Gasteiger partial charge < -0.3 is 10.2 Å². The van der Waals surface area contributed by atoms with Crippen LogP contribution in [0.15, 0.2) is 18.2 Å². The second-order valence-corrected chi connectivity index (χ2v) is 4.59. The molecule has 0 bridgehead atoms. The van der Waals surface area contributed by atoms with E-state index in [1.54, 1.807) is 11.9 Å². The summed E-state index contributed by atoms with van der Waals surface area (Å²) in [6, 6.07) is 3.89. The molecule has 0 spiro atoms. The van der Waals surface area contributed by atoms with Crippen molar-refractivity contribution >= 4 is 23.6 Å². The Morgan fingerprint density at radius 1 is 1.55 bits per heavy atom. The molecular formula is C13H15N3O4. The van der Waals surface area contributed by atoms with Crippen LogP contribution in [0.1, 0.15) is 23.2 Å².